The third-order valence-electron chi connectivity index (χ3n) is 4.58. The Morgan fingerprint density at radius 3 is 3.04 bits per heavy atom. The predicted octanol–water partition coefficient (Wildman–Crippen LogP) is 3.83. The number of ether oxygens (including phenoxy) is 1. The van der Waals surface area contributed by atoms with Crippen LogP contribution in [0.5, 0.6) is 0 Å². The van der Waals surface area contributed by atoms with Crippen LogP contribution in [-0.4, -0.2) is 29.1 Å². The van der Waals surface area contributed by atoms with Crippen LogP contribution in [0.1, 0.15) is 31.7 Å². The molecule has 1 aliphatic rings. The number of carbonyl (C=O) groups excluding carboxylic acids is 1. The van der Waals surface area contributed by atoms with Gasteiger partial charge in [-0.25, -0.2) is 9.37 Å². The Balaban J connectivity index is 1.88. The number of amides is 1. The van der Waals surface area contributed by atoms with Crippen LogP contribution in [0.25, 0.3) is 0 Å². The topological polar surface area (TPSA) is 47.4 Å². The van der Waals surface area contributed by atoms with Gasteiger partial charge in [0.1, 0.15) is 17.7 Å². The maximum absolute atomic E-state index is 14.2. The smallest absolute Gasteiger partial charge is 0.233 e. The number of rotatable bonds is 4. The second-order valence-corrected chi connectivity index (χ2v) is 6.54. The van der Waals surface area contributed by atoms with Gasteiger partial charge in [0.05, 0.1) is 11.6 Å². The lowest BCUT2D eigenvalue weighted by Crippen LogP contribution is -2.40. The molecule has 0 aliphatic carbocycles. The van der Waals surface area contributed by atoms with E-state index < -0.39 is 17.8 Å². The monoisotopic (exact) mass is 365 g/mol. The summed E-state index contributed by atoms with van der Waals surface area (Å²) < 4.78 is 22.1. The maximum atomic E-state index is 14.2. The summed E-state index contributed by atoms with van der Waals surface area (Å²) in [6.07, 6.45) is 4.63. The molecular formula is C18H21ClFN3O2. The summed E-state index contributed by atoms with van der Waals surface area (Å²) in [5.41, 5.74) is 0.206. The lowest BCUT2D eigenvalue weighted by Gasteiger charge is -2.33. The molecule has 1 aromatic carbocycles. The molecule has 5 nitrogen and oxygen atoms in total. The van der Waals surface area contributed by atoms with Crippen molar-refractivity contribution in [1.29, 1.82) is 0 Å². The van der Waals surface area contributed by atoms with Crippen LogP contribution in [0, 0.1) is 11.7 Å². The molecule has 0 N–H and O–H groups in total. The highest BCUT2D eigenvalue weighted by molar-refractivity contribution is 6.30. The molecule has 7 heteroatoms. The number of aromatic nitrogens is 2. The first-order valence-corrected chi connectivity index (χ1v) is 8.76. The van der Waals surface area contributed by atoms with Crippen LogP contribution in [0.4, 0.5) is 10.1 Å². The van der Waals surface area contributed by atoms with E-state index in [2.05, 4.69) is 4.98 Å². The number of imidazole rings is 1. The fourth-order valence-electron chi connectivity index (χ4n) is 3.25. The predicted molar refractivity (Wildman–Crippen MR) is 94.1 cm³/mol. The van der Waals surface area contributed by atoms with Crippen LogP contribution in [0.2, 0.25) is 5.02 Å². The number of halogens is 2. The molecule has 134 valence electrons. The Morgan fingerprint density at radius 2 is 2.32 bits per heavy atom. The summed E-state index contributed by atoms with van der Waals surface area (Å²) in [6, 6.07) is 4.29. The van der Waals surface area contributed by atoms with Crippen LogP contribution >= 0.6 is 11.6 Å². The number of hydrogen-bond donors (Lipinski definition) is 0. The van der Waals surface area contributed by atoms with Crippen LogP contribution in [0.3, 0.4) is 0 Å². The van der Waals surface area contributed by atoms with Gasteiger partial charge < -0.3 is 14.2 Å². The molecule has 2 heterocycles. The third-order valence-corrected chi connectivity index (χ3v) is 4.82. The van der Waals surface area contributed by atoms with Crippen molar-refractivity contribution in [2.45, 2.75) is 32.4 Å². The van der Waals surface area contributed by atoms with Gasteiger partial charge in [-0.3, -0.25) is 4.79 Å². The van der Waals surface area contributed by atoms with E-state index in [1.54, 1.807) is 19.3 Å². The average molecular weight is 366 g/mol. The van der Waals surface area contributed by atoms with Gasteiger partial charge in [-0.1, -0.05) is 11.6 Å². The van der Waals surface area contributed by atoms with Crippen molar-refractivity contribution in [2.75, 3.05) is 18.6 Å². The zero-order valence-electron chi connectivity index (χ0n) is 14.3. The Labute approximate surface area is 151 Å². The van der Waals surface area contributed by atoms with Crippen molar-refractivity contribution in [1.82, 2.24) is 9.55 Å². The van der Waals surface area contributed by atoms with E-state index in [4.69, 9.17) is 16.3 Å². The van der Waals surface area contributed by atoms with E-state index in [0.717, 1.165) is 18.8 Å². The average Bonchev–Trinajstić information content (AvgIpc) is 3.09. The number of carbonyl (C=O) groups is 1. The van der Waals surface area contributed by atoms with Gasteiger partial charge in [-0.2, -0.15) is 0 Å². The molecule has 1 fully saturated rings. The number of aryl methyl sites for hydroxylation is 1. The highest BCUT2D eigenvalue weighted by atomic mass is 35.5. The zero-order valence-corrected chi connectivity index (χ0v) is 15.0. The van der Waals surface area contributed by atoms with Gasteiger partial charge in [0.25, 0.3) is 0 Å². The minimum absolute atomic E-state index is 0.184. The molecule has 0 bridgehead atoms. The van der Waals surface area contributed by atoms with E-state index in [1.165, 1.54) is 17.0 Å². The molecule has 1 aliphatic heterocycles. The summed E-state index contributed by atoms with van der Waals surface area (Å²) >= 11 is 5.80. The Bertz CT molecular complexity index is 765. The van der Waals surface area contributed by atoms with Gasteiger partial charge in [0.15, 0.2) is 0 Å². The Kier molecular flexibility index (Phi) is 5.39. The molecular weight excluding hydrogens is 345 g/mol. The second kappa shape index (κ2) is 7.54. The summed E-state index contributed by atoms with van der Waals surface area (Å²) in [7, 11) is 1.58. The fraction of sp³-hybridized carbons (Fsp3) is 0.444. The van der Waals surface area contributed by atoms with E-state index >= 15 is 0 Å². The second-order valence-electron chi connectivity index (χ2n) is 6.10. The molecule has 0 unspecified atom stereocenters. The maximum Gasteiger partial charge on any atom is 0.233 e. The van der Waals surface area contributed by atoms with Gasteiger partial charge >= 0.3 is 0 Å². The van der Waals surface area contributed by atoms with Gasteiger partial charge in [-0.05, 0) is 38.0 Å². The highest BCUT2D eigenvalue weighted by Gasteiger charge is 2.37. The summed E-state index contributed by atoms with van der Waals surface area (Å²) in [6.45, 7) is 3.35. The van der Waals surface area contributed by atoms with E-state index in [9.17, 15) is 9.18 Å². The summed E-state index contributed by atoms with van der Waals surface area (Å²) in [5.74, 6) is -0.365. The summed E-state index contributed by atoms with van der Waals surface area (Å²) in [5, 5.41) is 0.297. The molecule has 2 aromatic rings. The number of benzene rings is 1. The largest absolute Gasteiger partial charge is 0.369 e. The van der Waals surface area contributed by atoms with Crippen LogP contribution in [-0.2, 0) is 16.1 Å². The first-order chi connectivity index (χ1) is 12.0. The van der Waals surface area contributed by atoms with E-state index in [1.807, 2.05) is 17.7 Å². The van der Waals surface area contributed by atoms with Crippen molar-refractivity contribution >= 4 is 23.2 Å². The van der Waals surface area contributed by atoms with Crippen LogP contribution < -0.4 is 4.90 Å². The lowest BCUT2D eigenvalue weighted by atomic mass is 9.92. The number of hydrogen-bond acceptors (Lipinski definition) is 3. The highest BCUT2D eigenvalue weighted by Crippen LogP contribution is 2.35. The van der Waals surface area contributed by atoms with Gasteiger partial charge in [0, 0.05) is 37.6 Å². The number of anilines is 1. The Morgan fingerprint density at radius 1 is 1.52 bits per heavy atom. The van der Waals surface area contributed by atoms with Gasteiger partial charge in [-0.15, -0.1) is 0 Å². The standard InChI is InChI=1S/C18H21ClFN3O2/c1-3-23-9-8-21-17(23)16-13(5-4-10-25-16)18(24)22(2)15-7-6-12(19)11-14(15)20/h6-9,11,13,16H,3-5,10H2,1-2H3/t13-,16-/m1/s1. The first-order valence-electron chi connectivity index (χ1n) is 8.38. The molecule has 1 saturated heterocycles. The number of nitrogens with zero attached hydrogens (tertiary/aromatic N) is 3. The lowest BCUT2D eigenvalue weighted by molar-refractivity contribution is -0.132. The normalized spacial score (nSPS) is 20.5. The zero-order chi connectivity index (χ0) is 18.0. The van der Waals surface area contributed by atoms with Crippen molar-refractivity contribution in [3.8, 4) is 0 Å². The summed E-state index contributed by atoms with van der Waals surface area (Å²) in [4.78, 5) is 18.8. The minimum Gasteiger partial charge on any atom is -0.369 e. The molecule has 0 spiro atoms. The van der Waals surface area contributed by atoms with Crippen molar-refractivity contribution in [3.05, 3.63) is 47.3 Å². The van der Waals surface area contributed by atoms with Gasteiger partial charge in [0.2, 0.25) is 5.91 Å². The quantitative estimate of drug-likeness (QED) is 0.827. The van der Waals surface area contributed by atoms with Crippen molar-refractivity contribution < 1.29 is 13.9 Å². The van der Waals surface area contributed by atoms with Crippen LogP contribution in [0.15, 0.2) is 30.6 Å². The molecule has 2 atom stereocenters. The van der Waals surface area contributed by atoms with E-state index in [-0.39, 0.29) is 11.6 Å². The molecule has 1 amide bonds. The Hall–Kier alpha value is -1.92. The first kappa shape index (κ1) is 17.9. The van der Waals surface area contributed by atoms with Crippen molar-refractivity contribution in [3.63, 3.8) is 0 Å². The minimum atomic E-state index is -0.522. The fourth-order valence-corrected chi connectivity index (χ4v) is 3.41. The molecule has 3 rings (SSSR count). The molecule has 1 aromatic heterocycles. The molecule has 0 saturated carbocycles. The van der Waals surface area contributed by atoms with Crippen molar-refractivity contribution in [2.24, 2.45) is 5.92 Å². The molecule has 25 heavy (non-hydrogen) atoms. The third kappa shape index (κ3) is 3.55. The molecule has 0 radical (unpaired) electrons. The SMILES string of the molecule is CCn1ccnc1[C@@H]1OCCC[C@H]1C(=O)N(C)c1ccc(Cl)cc1F. The van der Waals surface area contributed by atoms with E-state index in [0.29, 0.717) is 18.1 Å².